The van der Waals surface area contributed by atoms with Gasteiger partial charge in [0.05, 0.1) is 29.1 Å². The average Bonchev–Trinajstić information content (AvgIpc) is 3.32. The molecule has 2 aromatic rings. The van der Waals surface area contributed by atoms with Gasteiger partial charge in [0.2, 0.25) is 0 Å². The summed E-state index contributed by atoms with van der Waals surface area (Å²) in [4.78, 5) is 10.6. The van der Waals surface area contributed by atoms with Crippen LogP contribution in [-0.4, -0.2) is 58.5 Å². The Morgan fingerprint density at radius 3 is 2.86 bits per heavy atom. The third kappa shape index (κ3) is 2.95. The van der Waals surface area contributed by atoms with Crippen molar-refractivity contribution in [3.05, 3.63) is 18.0 Å². The molecule has 28 heavy (non-hydrogen) atoms. The average molecular weight is 385 g/mol. The minimum Gasteiger partial charge on any atom is -0.388 e. The van der Waals surface area contributed by atoms with Crippen LogP contribution in [0.15, 0.2) is 17.5 Å². The quantitative estimate of drug-likeness (QED) is 0.852. The molecule has 4 heterocycles. The zero-order valence-corrected chi connectivity index (χ0v) is 16.5. The Morgan fingerprint density at radius 2 is 2.11 bits per heavy atom. The van der Waals surface area contributed by atoms with Crippen molar-refractivity contribution in [1.29, 1.82) is 0 Å². The molecule has 0 amide bonds. The summed E-state index contributed by atoms with van der Waals surface area (Å²) in [5.74, 6) is 0. The SMILES string of the molecule is CCn1ncc2c(NC3CCOCC3)c(C3=NOC4(C3)CC(OC)C4)cnc21. The van der Waals surface area contributed by atoms with E-state index in [9.17, 15) is 0 Å². The van der Waals surface area contributed by atoms with Gasteiger partial charge < -0.3 is 19.6 Å². The van der Waals surface area contributed by atoms with E-state index in [1.165, 1.54) is 0 Å². The number of oxime groups is 1. The number of hydrogen-bond acceptors (Lipinski definition) is 7. The zero-order chi connectivity index (χ0) is 19.1. The Morgan fingerprint density at radius 1 is 1.29 bits per heavy atom. The Kier molecular flexibility index (Phi) is 4.47. The highest BCUT2D eigenvalue weighted by Crippen LogP contribution is 2.45. The lowest BCUT2D eigenvalue weighted by Gasteiger charge is -2.41. The third-order valence-corrected chi connectivity index (χ3v) is 6.22. The van der Waals surface area contributed by atoms with Crippen molar-refractivity contribution in [3.8, 4) is 0 Å². The summed E-state index contributed by atoms with van der Waals surface area (Å²) in [7, 11) is 1.76. The molecular formula is C20H27N5O3. The van der Waals surface area contributed by atoms with Gasteiger partial charge in [-0.2, -0.15) is 5.10 Å². The van der Waals surface area contributed by atoms with Gasteiger partial charge in [-0.05, 0) is 19.8 Å². The minimum atomic E-state index is -0.200. The summed E-state index contributed by atoms with van der Waals surface area (Å²) >= 11 is 0. The molecule has 0 aromatic carbocycles. The van der Waals surface area contributed by atoms with Crippen LogP contribution in [-0.2, 0) is 20.9 Å². The Balaban J connectivity index is 1.48. The van der Waals surface area contributed by atoms with Gasteiger partial charge in [0.15, 0.2) is 5.65 Å². The standard InChI is InChI=1S/C20H27N5O3/c1-3-25-19-16(12-22-25)18(23-13-4-6-27-7-5-13)15(11-21-19)17-10-20(28-24-17)8-14(9-20)26-2/h11-14H,3-10H2,1-2H3,(H,21,23). The molecule has 2 aliphatic heterocycles. The van der Waals surface area contributed by atoms with Crippen LogP contribution in [0.2, 0.25) is 0 Å². The summed E-state index contributed by atoms with van der Waals surface area (Å²) in [5.41, 5.74) is 3.75. The van der Waals surface area contributed by atoms with E-state index in [0.717, 1.165) is 79.9 Å². The highest BCUT2D eigenvalue weighted by molar-refractivity contribution is 6.10. The highest BCUT2D eigenvalue weighted by Gasteiger charge is 2.51. The number of nitrogens with one attached hydrogen (secondary N) is 1. The fourth-order valence-corrected chi connectivity index (χ4v) is 4.50. The Hall–Kier alpha value is -2.19. The van der Waals surface area contributed by atoms with Crippen LogP contribution in [0.1, 0.15) is 44.6 Å². The van der Waals surface area contributed by atoms with Crippen molar-refractivity contribution in [2.24, 2.45) is 5.16 Å². The molecule has 1 N–H and O–H groups in total. The first-order chi connectivity index (χ1) is 13.7. The Labute approximate surface area is 164 Å². The second kappa shape index (κ2) is 7.00. The van der Waals surface area contributed by atoms with Gasteiger partial charge in [0.1, 0.15) is 5.60 Å². The fourth-order valence-electron chi connectivity index (χ4n) is 4.50. The normalized spacial score (nSPS) is 27.6. The molecule has 1 aliphatic carbocycles. The molecule has 0 atom stereocenters. The smallest absolute Gasteiger partial charge is 0.159 e. The van der Waals surface area contributed by atoms with E-state index in [4.69, 9.17) is 19.3 Å². The topological polar surface area (TPSA) is 82.8 Å². The van der Waals surface area contributed by atoms with Crippen molar-refractivity contribution in [1.82, 2.24) is 14.8 Å². The lowest BCUT2D eigenvalue weighted by Crippen LogP contribution is -2.48. The molecule has 3 aliphatic rings. The van der Waals surface area contributed by atoms with Crippen molar-refractivity contribution in [3.63, 3.8) is 0 Å². The number of aryl methyl sites for hydroxylation is 1. The zero-order valence-electron chi connectivity index (χ0n) is 16.5. The molecule has 0 radical (unpaired) electrons. The molecular weight excluding hydrogens is 358 g/mol. The maximum atomic E-state index is 5.87. The van der Waals surface area contributed by atoms with Crippen LogP contribution in [0.3, 0.4) is 0 Å². The van der Waals surface area contributed by atoms with Gasteiger partial charge in [-0.25, -0.2) is 9.67 Å². The molecule has 5 rings (SSSR count). The van der Waals surface area contributed by atoms with E-state index in [2.05, 4.69) is 22.5 Å². The molecule has 2 aromatic heterocycles. The molecule has 8 heteroatoms. The maximum Gasteiger partial charge on any atom is 0.159 e. The first-order valence-corrected chi connectivity index (χ1v) is 10.2. The molecule has 8 nitrogen and oxygen atoms in total. The molecule has 1 saturated heterocycles. The van der Waals surface area contributed by atoms with Crippen LogP contribution in [0.5, 0.6) is 0 Å². The number of hydrogen-bond donors (Lipinski definition) is 1. The lowest BCUT2D eigenvalue weighted by atomic mass is 9.74. The van der Waals surface area contributed by atoms with E-state index in [-0.39, 0.29) is 11.7 Å². The first-order valence-electron chi connectivity index (χ1n) is 10.2. The fraction of sp³-hybridized carbons (Fsp3) is 0.650. The van der Waals surface area contributed by atoms with E-state index in [1.54, 1.807) is 7.11 Å². The highest BCUT2D eigenvalue weighted by atomic mass is 16.7. The number of rotatable bonds is 5. The van der Waals surface area contributed by atoms with Crippen LogP contribution < -0.4 is 5.32 Å². The summed E-state index contributed by atoms with van der Waals surface area (Å²) < 4.78 is 12.9. The molecule has 1 spiro atoms. The number of methoxy groups -OCH3 is 1. The summed E-state index contributed by atoms with van der Waals surface area (Å²) in [6, 6.07) is 0.376. The number of aromatic nitrogens is 3. The number of fused-ring (bicyclic) bond motifs is 1. The molecule has 0 unspecified atom stereocenters. The third-order valence-electron chi connectivity index (χ3n) is 6.22. The molecule has 150 valence electrons. The number of anilines is 1. The van der Waals surface area contributed by atoms with E-state index < -0.39 is 0 Å². The van der Waals surface area contributed by atoms with Gasteiger partial charge in [0, 0.05) is 63.9 Å². The monoisotopic (exact) mass is 385 g/mol. The summed E-state index contributed by atoms with van der Waals surface area (Å²) in [6.45, 7) is 4.45. The van der Waals surface area contributed by atoms with Crippen LogP contribution >= 0.6 is 0 Å². The van der Waals surface area contributed by atoms with Gasteiger partial charge in [-0.3, -0.25) is 0 Å². The van der Waals surface area contributed by atoms with E-state index in [0.29, 0.717) is 6.04 Å². The minimum absolute atomic E-state index is 0.200. The van der Waals surface area contributed by atoms with Crippen molar-refractivity contribution in [2.75, 3.05) is 25.6 Å². The largest absolute Gasteiger partial charge is 0.388 e. The second-order valence-corrected chi connectivity index (χ2v) is 8.03. The predicted molar refractivity (Wildman–Crippen MR) is 106 cm³/mol. The molecule has 1 saturated carbocycles. The van der Waals surface area contributed by atoms with Gasteiger partial charge in [-0.1, -0.05) is 5.16 Å². The number of ether oxygens (including phenoxy) is 2. The van der Waals surface area contributed by atoms with E-state index >= 15 is 0 Å². The van der Waals surface area contributed by atoms with Gasteiger partial charge in [0.25, 0.3) is 0 Å². The van der Waals surface area contributed by atoms with Crippen LogP contribution in [0.25, 0.3) is 11.0 Å². The second-order valence-electron chi connectivity index (χ2n) is 8.03. The van der Waals surface area contributed by atoms with Crippen LogP contribution in [0.4, 0.5) is 5.69 Å². The molecule has 2 fully saturated rings. The number of pyridine rings is 1. The maximum absolute atomic E-state index is 5.87. The van der Waals surface area contributed by atoms with Gasteiger partial charge >= 0.3 is 0 Å². The summed E-state index contributed by atoms with van der Waals surface area (Å²) in [6.07, 6.45) is 8.67. The van der Waals surface area contributed by atoms with Crippen molar-refractivity contribution < 1.29 is 14.3 Å². The predicted octanol–water partition coefficient (Wildman–Crippen LogP) is 2.71. The van der Waals surface area contributed by atoms with E-state index in [1.807, 2.05) is 17.1 Å². The van der Waals surface area contributed by atoms with Gasteiger partial charge in [-0.15, -0.1) is 0 Å². The summed E-state index contributed by atoms with van der Waals surface area (Å²) in [5, 5.41) is 13.8. The molecule has 0 bridgehead atoms. The van der Waals surface area contributed by atoms with Crippen LogP contribution in [0, 0.1) is 0 Å². The number of nitrogens with zero attached hydrogens (tertiary/aromatic N) is 4. The Bertz CT molecular complexity index is 897. The van der Waals surface area contributed by atoms with Crippen molar-refractivity contribution in [2.45, 2.75) is 63.3 Å². The van der Waals surface area contributed by atoms with Crippen molar-refractivity contribution >= 4 is 22.4 Å². The first kappa shape index (κ1) is 17.9. The lowest BCUT2D eigenvalue weighted by molar-refractivity contribution is -0.148.